The lowest BCUT2D eigenvalue weighted by Crippen LogP contribution is -2.38. The molecule has 0 radical (unpaired) electrons. The van der Waals surface area contributed by atoms with Gasteiger partial charge in [0.15, 0.2) is 5.96 Å². The molecule has 1 aromatic heterocycles. The molecule has 0 aliphatic carbocycles. The number of aromatic nitrogens is 1. The third-order valence-electron chi connectivity index (χ3n) is 2.69. The van der Waals surface area contributed by atoms with Crippen LogP contribution in [0.25, 0.3) is 0 Å². The lowest BCUT2D eigenvalue weighted by atomic mass is 10.4. The van der Waals surface area contributed by atoms with Crippen molar-refractivity contribution < 1.29 is 9.47 Å². The van der Waals surface area contributed by atoms with Crippen molar-refractivity contribution in [3.63, 3.8) is 0 Å². The molecule has 0 spiro atoms. The molecular formula is C14H26N4O2S. The van der Waals surface area contributed by atoms with Crippen molar-refractivity contribution in [3.8, 4) is 0 Å². The van der Waals surface area contributed by atoms with E-state index in [4.69, 9.17) is 9.47 Å². The molecule has 1 rings (SSSR count). The van der Waals surface area contributed by atoms with E-state index < -0.39 is 0 Å². The van der Waals surface area contributed by atoms with Crippen molar-refractivity contribution in [1.82, 2.24) is 15.2 Å². The van der Waals surface area contributed by atoms with E-state index in [1.54, 1.807) is 18.4 Å². The van der Waals surface area contributed by atoms with Crippen molar-refractivity contribution in [2.45, 2.75) is 20.4 Å². The summed E-state index contributed by atoms with van der Waals surface area (Å²) in [7, 11) is 3.68. The van der Waals surface area contributed by atoms with Gasteiger partial charge in [0.1, 0.15) is 0 Å². The Morgan fingerprint density at radius 2 is 2.24 bits per heavy atom. The lowest BCUT2D eigenvalue weighted by molar-refractivity contribution is 0.0747. The predicted molar refractivity (Wildman–Crippen MR) is 87.0 cm³/mol. The molecular weight excluding hydrogens is 288 g/mol. The van der Waals surface area contributed by atoms with E-state index in [1.165, 1.54) is 0 Å². The first-order valence-corrected chi connectivity index (χ1v) is 8.02. The van der Waals surface area contributed by atoms with Crippen molar-refractivity contribution in [3.05, 3.63) is 16.1 Å². The maximum atomic E-state index is 5.41. The van der Waals surface area contributed by atoms with E-state index in [0.29, 0.717) is 26.4 Å². The molecule has 0 bridgehead atoms. The molecule has 0 unspecified atom stereocenters. The largest absolute Gasteiger partial charge is 0.382 e. The van der Waals surface area contributed by atoms with Crippen molar-refractivity contribution >= 4 is 17.3 Å². The fourth-order valence-electron chi connectivity index (χ4n) is 1.73. The van der Waals surface area contributed by atoms with E-state index in [0.717, 1.165) is 29.8 Å². The van der Waals surface area contributed by atoms with Gasteiger partial charge in [-0.3, -0.25) is 4.99 Å². The maximum absolute atomic E-state index is 5.41. The zero-order valence-corrected chi connectivity index (χ0v) is 14.2. The molecule has 0 saturated carbocycles. The van der Waals surface area contributed by atoms with Crippen LogP contribution in [-0.4, -0.2) is 62.9 Å². The van der Waals surface area contributed by atoms with Crippen LogP contribution in [0.4, 0.5) is 0 Å². The van der Waals surface area contributed by atoms with Gasteiger partial charge in [-0.25, -0.2) is 4.98 Å². The summed E-state index contributed by atoms with van der Waals surface area (Å²) in [5, 5.41) is 6.46. The lowest BCUT2D eigenvalue weighted by Gasteiger charge is -2.21. The number of aliphatic imine (C=N–C) groups is 1. The van der Waals surface area contributed by atoms with Crippen LogP contribution < -0.4 is 5.32 Å². The van der Waals surface area contributed by atoms with Crippen molar-refractivity contribution in [2.24, 2.45) is 4.99 Å². The number of hydrogen-bond donors (Lipinski definition) is 1. The second-order valence-corrected chi connectivity index (χ2v) is 5.62. The Balaban J connectivity index is 2.42. The van der Waals surface area contributed by atoms with Gasteiger partial charge in [0.05, 0.1) is 43.6 Å². The number of aryl methyl sites for hydroxylation is 1. The summed E-state index contributed by atoms with van der Waals surface area (Å²) in [6, 6.07) is 0. The SMILES string of the molecule is CCNC(=NCCOCCOC)N(C)Cc1csc(C)n1. The summed E-state index contributed by atoms with van der Waals surface area (Å²) in [5.41, 5.74) is 1.07. The van der Waals surface area contributed by atoms with Crippen LogP contribution in [0.5, 0.6) is 0 Å². The fraction of sp³-hybridized carbons (Fsp3) is 0.714. The topological polar surface area (TPSA) is 59.0 Å². The minimum Gasteiger partial charge on any atom is -0.382 e. The number of nitrogens with one attached hydrogen (secondary N) is 1. The number of methoxy groups -OCH3 is 1. The summed E-state index contributed by atoms with van der Waals surface area (Å²) in [6.45, 7) is 8.12. The average molecular weight is 314 g/mol. The first kappa shape index (κ1) is 17.9. The van der Waals surface area contributed by atoms with E-state index >= 15 is 0 Å². The quantitative estimate of drug-likeness (QED) is 0.425. The zero-order valence-electron chi connectivity index (χ0n) is 13.4. The third kappa shape index (κ3) is 7.40. The number of nitrogens with zero attached hydrogens (tertiary/aromatic N) is 3. The molecule has 1 aromatic rings. The second-order valence-electron chi connectivity index (χ2n) is 4.55. The molecule has 0 aliphatic rings. The Kier molecular flexibility index (Phi) is 8.96. The van der Waals surface area contributed by atoms with E-state index in [1.807, 2.05) is 14.0 Å². The van der Waals surface area contributed by atoms with Crippen LogP contribution in [0.2, 0.25) is 0 Å². The summed E-state index contributed by atoms with van der Waals surface area (Å²) >= 11 is 1.67. The van der Waals surface area contributed by atoms with E-state index in [-0.39, 0.29) is 0 Å². The zero-order chi connectivity index (χ0) is 15.5. The average Bonchev–Trinajstić information content (AvgIpc) is 2.86. The summed E-state index contributed by atoms with van der Waals surface area (Å²) < 4.78 is 10.3. The van der Waals surface area contributed by atoms with Gasteiger partial charge in [-0.1, -0.05) is 0 Å². The molecule has 1 heterocycles. The van der Waals surface area contributed by atoms with Gasteiger partial charge < -0.3 is 19.7 Å². The molecule has 120 valence electrons. The monoisotopic (exact) mass is 314 g/mol. The van der Waals surface area contributed by atoms with Gasteiger partial charge in [-0.15, -0.1) is 11.3 Å². The van der Waals surface area contributed by atoms with Gasteiger partial charge in [-0.2, -0.15) is 0 Å². The predicted octanol–water partition coefficient (Wildman–Crippen LogP) is 1.51. The Morgan fingerprint density at radius 3 is 2.86 bits per heavy atom. The van der Waals surface area contributed by atoms with E-state index in [9.17, 15) is 0 Å². The van der Waals surface area contributed by atoms with Crippen LogP contribution in [-0.2, 0) is 16.0 Å². The highest BCUT2D eigenvalue weighted by Crippen LogP contribution is 2.09. The highest BCUT2D eigenvalue weighted by molar-refractivity contribution is 7.09. The minimum absolute atomic E-state index is 0.599. The van der Waals surface area contributed by atoms with Gasteiger partial charge >= 0.3 is 0 Å². The van der Waals surface area contributed by atoms with Gasteiger partial charge in [0.25, 0.3) is 0 Å². The van der Waals surface area contributed by atoms with Crippen LogP contribution in [0.15, 0.2) is 10.4 Å². The van der Waals surface area contributed by atoms with Crippen molar-refractivity contribution in [1.29, 1.82) is 0 Å². The third-order valence-corrected chi connectivity index (χ3v) is 3.51. The van der Waals surface area contributed by atoms with Crippen molar-refractivity contribution in [2.75, 3.05) is 47.1 Å². The molecule has 0 aromatic carbocycles. The maximum Gasteiger partial charge on any atom is 0.194 e. The van der Waals surface area contributed by atoms with Crippen LogP contribution in [0.1, 0.15) is 17.6 Å². The first-order valence-electron chi connectivity index (χ1n) is 7.14. The van der Waals surface area contributed by atoms with Gasteiger partial charge in [0, 0.05) is 26.1 Å². The molecule has 1 N–H and O–H groups in total. The molecule has 0 fully saturated rings. The second kappa shape index (κ2) is 10.5. The molecule has 0 atom stereocenters. The Bertz CT molecular complexity index is 423. The number of hydrogen-bond acceptors (Lipinski definition) is 5. The number of guanidine groups is 1. The normalized spacial score (nSPS) is 11.7. The molecule has 21 heavy (non-hydrogen) atoms. The van der Waals surface area contributed by atoms with Crippen LogP contribution in [0.3, 0.4) is 0 Å². The summed E-state index contributed by atoms with van der Waals surface area (Å²) in [4.78, 5) is 11.1. The number of rotatable bonds is 9. The highest BCUT2D eigenvalue weighted by atomic mass is 32.1. The first-order chi connectivity index (χ1) is 10.2. The Hall–Kier alpha value is -1.18. The van der Waals surface area contributed by atoms with Gasteiger partial charge in [0.2, 0.25) is 0 Å². The Morgan fingerprint density at radius 1 is 1.43 bits per heavy atom. The molecule has 0 amide bonds. The number of ether oxygens (including phenoxy) is 2. The summed E-state index contributed by atoms with van der Waals surface area (Å²) in [5.74, 6) is 0.874. The standard InChI is InChI=1S/C14H26N4O2S/c1-5-15-14(16-6-7-20-9-8-19-4)18(3)10-13-11-21-12(2)17-13/h11H,5-10H2,1-4H3,(H,15,16). The van der Waals surface area contributed by atoms with Crippen LogP contribution >= 0.6 is 11.3 Å². The smallest absolute Gasteiger partial charge is 0.194 e. The van der Waals surface area contributed by atoms with Crippen LogP contribution in [0, 0.1) is 6.92 Å². The molecule has 0 aliphatic heterocycles. The Labute approximate surface area is 131 Å². The highest BCUT2D eigenvalue weighted by Gasteiger charge is 2.08. The van der Waals surface area contributed by atoms with Gasteiger partial charge in [-0.05, 0) is 13.8 Å². The molecule has 7 heteroatoms. The fourth-order valence-corrected chi connectivity index (χ4v) is 2.33. The minimum atomic E-state index is 0.599. The molecule has 0 saturated heterocycles. The van der Waals surface area contributed by atoms with E-state index in [2.05, 4.69) is 32.5 Å². The summed E-state index contributed by atoms with van der Waals surface area (Å²) in [6.07, 6.45) is 0. The number of thiazole rings is 1. The molecule has 6 nitrogen and oxygen atoms in total.